The molecule has 0 aromatic rings. The van der Waals surface area contributed by atoms with Gasteiger partial charge in [-0.2, -0.15) is 0 Å². The number of aliphatic hydroxyl groups is 1. The molecule has 0 radical (unpaired) electrons. The lowest BCUT2D eigenvalue weighted by Gasteiger charge is -2.29. The van der Waals surface area contributed by atoms with Crippen LogP contribution in [-0.4, -0.2) is 67.2 Å². The first-order valence-corrected chi connectivity index (χ1v) is 4.78. The zero-order valence-corrected chi connectivity index (χ0v) is 9.35. The van der Waals surface area contributed by atoms with Gasteiger partial charge in [0.05, 0.1) is 27.3 Å². The summed E-state index contributed by atoms with van der Waals surface area (Å²) < 4.78 is 5.30. The van der Waals surface area contributed by atoms with Crippen LogP contribution in [0.15, 0.2) is 12.7 Å². The minimum atomic E-state index is -0.876. The van der Waals surface area contributed by atoms with Crippen LogP contribution < -0.4 is 0 Å². The van der Waals surface area contributed by atoms with Gasteiger partial charge in [-0.15, -0.1) is 6.58 Å². The molecule has 0 aromatic carbocycles. The normalized spacial score (nSPS) is 13.5. The van der Waals surface area contributed by atoms with Crippen molar-refractivity contribution >= 4 is 5.97 Å². The van der Waals surface area contributed by atoms with Gasteiger partial charge in [0, 0.05) is 0 Å². The summed E-state index contributed by atoms with van der Waals surface area (Å²) >= 11 is 0. The fourth-order valence-electron chi connectivity index (χ4n) is 1.34. The van der Waals surface area contributed by atoms with Gasteiger partial charge in [-0.25, -0.2) is 4.79 Å². The molecule has 0 aromatic heterocycles. The highest BCUT2D eigenvalue weighted by atomic mass is 16.5. The van der Waals surface area contributed by atoms with Crippen molar-refractivity contribution in [2.45, 2.75) is 6.10 Å². The summed E-state index contributed by atoms with van der Waals surface area (Å²) in [5, 5.41) is 18.2. The molecule has 0 bridgehead atoms. The molecule has 88 valence electrons. The third kappa shape index (κ3) is 8.11. The van der Waals surface area contributed by atoms with Gasteiger partial charge >= 0.3 is 5.97 Å². The molecule has 0 rings (SSSR count). The lowest BCUT2D eigenvalue weighted by Crippen LogP contribution is -2.49. The Morgan fingerprint density at radius 2 is 2.20 bits per heavy atom. The standard InChI is InChI=1S/C10H19NO4/c1-4-5-15-8-9(12)6-11(2,3)7-10(13)14/h4,9,12H,1,5-8H2,2-3H3/p+1. The summed E-state index contributed by atoms with van der Waals surface area (Å²) in [6.07, 6.45) is 0.948. The first-order valence-electron chi connectivity index (χ1n) is 4.78. The summed E-state index contributed by atoms with van der Waals surface area (Å²) in [5.41, 5.74) is 0. The minimum Gasteiger partial charge on any atom is -0.477 e. The molecule has 0 saturated heterocycles. The number of carboxylic acid groups (broad SMARTS) is 1. The molecule has 15 heavy (non-hydrogen) atoms. The van der Waals surface area contributed by atoms with Crippen LogP contribution in [0.5, 0.6) is 0 Å². The third-order valence-corrected chi connectivity index (χ3v) is 1.81. The van der Waals surface area contributed by atoms with Crippen molar-refractivity contribution in [2.75, 3.05) is 40.4 Å². The van der Waals surface area contributed by atoms with E-state index in [2.05, 4.69) is 6.58 Å². The first kappa shape index (κ1) is 14.1. The third-order valence-electron chi connectivity index (χ3n) is 1.81. The molecular formula is C10H20NO4+. The van der Waals surface area contributed by atoms with Gasteiger partial charge in [0.2, 0.25) is 0 Å². The Labute approximate surface area is 90.2 Å². The molecular weight excluding hydrogens is 198 g/mol. The summed E-state index contributed by atoms with van der Waals surface area (Å²) in [5.74, 6) is -0.876. The number of hydrogen-bond acceptors (Lipinski definition) is 3. The van der Waals surface area contributed by atoms with E-state index in [1.807, 2.05) is 0 Å². The van der Waals surface area contributed by atoms with Gasteiger partial charge in [-0.1, -0.05) is 6.08 Å². The Balaban J connectivity index is 3.86. The largest absolute Gasteiger partial charge is 0.477 e. The number of nitrogens with zero attached hydrogens (tertiary/aromatic N) is 1. The lowest BCUT2D eigenvalue weighted by atomic mass is 10.3. The van der Waals surface area contributed by atoms with Crippen LogP contribution in [0, 0.1) is 0 Å². The number of aliphatic hydroxyl groups excluding tert-OH is 1. The van der Waals surface area contributed by atoms with Crippen molar-refractivity contribution in [3.63, 3.8) is 0 Å². The van der Waals surface area contributed by atoms with E-state index in [0.717, 1.165) is 0 Å². The SMILES string of the molecule is C=CCOCC(O)C[N+](C)(C)CC(=O)O. The molecule has 0 saturated carbocycles. The molecule has 2 N–H and O–H groups in total. The van der Waals surface area contributed by atoms with Crippen LogP contribution in [0.1, 0.15) is 0 Å². The Bertz CT molecular complexity index is 215. The quantitative estimate of drug-likeness (QED) is 0.334. The first-order chi connectivity index (χ1) is 6.87. The fraction of sp³-hybridized carbons (Fsp3) is 0.700. The number of carbonyl (C=O) groups is 1. The van der Waals surface area contributed by atoms with E-state index >= 15 is 0 Å². The molecule has 1 atom stereocenters. The number of rotatable bonds is 8. The molecule has 0 aliphatic carbocycles. The van der Waals surface area contributed by atoms with E-state index in [-0.39, 0.29) is 17.6 Å². The minimum absolute atomic E-state index is 0.0154. The van der Waals surface area contributed by atoms with Gasteiger partial charge < -0.3 is 19.4 Å². The Morgan fingerprint density at radius 3 is 2.67 bits per heavy atom. The topological polar surface area (TPSA) is 66.8 Å². The van der Waals surface area contributed by atoms with Crippen LogP contribution in [0.2, 0.25) is 0 Å². The van der Waals surface area contributed by atoms with E-state index < -0.39 is 12.1 Å². The van der Waals surface area contributed by atoms with Crippen molar-refractivity contribution < 1.29 is 24.2 Å². The molecule has 0 aliphatic rings. The number of hydrogen-bond donors (Lipinski definition) is 2. The smallest absolute Gasteiger partial charge is 0.359 e. The maximum atomic E-state index is 10.5. The Hall–Kier alpha value is -0.910. The van der Waals surface area contributed by atoms with Crippen molar-refractivity contribution in [3.05, 3.63) is 12.7 Å². The number of aliphatic carboxylic acids is 1. The van der Waals surface area contributed by atoms with Crippen LogP contribution in [-0.2, 0) is 9.53 Å². The predicted molar refractivity (Wildman–Crippen MR) is 56.5 cm³/mol. The van der Waals surface area contributed by atoms with Crippen molar-refractivity contribution in [3.8, 4) is 0 Å². The Morgan fingerprint density at radius 1 is 1.60 bits per heavy atom. The number of carboxylic acids is 1. The molecule has 1 unspecified atom stereocenters. The number of likely N-dealkylation sites (N-methyl/N-ethyl adjacent to an activating group) is 1. The highest BCUT2D eigenvalue weighted by molar-refractivity contribution is 5.67. The molecule has 0 aliphatic heterocycles. The maximum Gasteiger partial charge on any atom is 0.359 e. The zero-order valence-electron chi connectivity index (χ0n) is 9.35. The summed E-state index contributed by atoms with van der Waals surface area (Å²) in [6, 6.07) is 0. The van der Waals surface area contributed by atoms with Crippen LogP contribution in [0.3, 0.4) is 0 Å². The second-order valence-corrected chi connectivity index (χ2v) is 4.15. The zero-order chi connectivity index (χ0) is 11.9. The van der Waals surface area contributed by atoms with Crippen molar-refractivity contribution in [1.29, 1.82) is 0 Å². The van der Waals surface area contributed by atoms with E-state index in [1.54, 1.807) is 20.2 Å². The van der Waals surface area contributed by atoms with Crippen LogP contribution >= 0.6 is 0 Å². The van der Waals surface area contributed by atoms with Crippen molar-refractivity contribution in [1.82, 2.24) is 0 Å². The van der Waals surface area contributed by atoms with Gasteiger partial charge in [-0.05, 0) is 0 Å². The van der Waals surface area contributed by atoms with Crippen molar-refractivity contribution in [2.24, 2.45) is 0 Å². The Kier molecular flexibility index (Phi) is 6.15. The van der Waals surface area contributed by atoms with Gasteiger partial charge in [-0.3, -0.25) is 0 Å². The lowest BCUT2D eigenvalue weighted by molar-refractivity contribution is -0.886. The van der Waals surface area contributed by atoms with E-state index in [1.165, 1.54) is 0 Å². The number of ether oxygens (including phenoxy) is 1. The van der Waals surface area contributed by atoms with E-state index in [4.69, 9.17) is 9.84 Å². The number of quaternary nitrogens is 1. The molecule has 0 spiro atoms. The van der Waals surface area contributed by atoms with Gasteiger partial charge in [0.25, 0.3) is 0 Å². The van der Waals surface area contributed by atoms with Crippen LogP contribution in [0.4, 0.5) is 0 Å². The molecule has 0 fully saturated rings. The van der Waals surface area contributed by atoms with Crippen LogP contribution in [0.25, 0.3) is 0 Å². The molecule has 0 amide bonds. The monoisotopic (exact) mass is 218 g/mol. The van der Waals surface area contributed by atoms with E-state index in [9.17, 15) is 9.90 Å². The van der Waals surface area contributed by atoms with E-state index in [0.29, 0.717) is 13.2 Å². The van der Waals surface area contributed by atoms with Gasteiger partial charge in [0.1, 0.15) is 12.6 Å². The maximum absolute atomic E-state index is 10.5. The highest BCUT2D eigenvalue weighted by Crippen LogP contribution is 2.00. The summed E-state index contributed by atoms with van der Waals surface area (Å²) in [4.78, 5) is 10.5. The predicted octanol–water partition coefficient (Wildman–Crippen LogP) is -0.289. The molecule has 5 heteroatoms. The average molecular weight is 218 g/mol. The summed E-state index contributed by atoms with van der Waals surface area (Å²) in [7, 11) is 3.51. The second-order valence-electron chi connectivity index (χ2n) is 4.15. The average Bonchev–Trinajstić information content (AvgIpc) is 2.00. The second kappa shape index (κ2) is 6.55. The fourth-order valence-corrected chi connectivity index (χ4v) is 1.34. The molecule has 0 heterocycles. The summed E-state index contributed by atoms with van der Waals surface area (Å²) in [6.45, 7) is 4.41. The highest BCUT2D eigenvalue weighted by Gasteiger charge is 2.23. The van der Waals surface area contributed by atoms with Gasteiger partial charge in [0.15, 0.2) is 6.54 Å². The molecule has 5 nitrogen and oxygen atoms in total.